The smallest absolute Gasteiger partial charge is 0.259 e. The highest BCUT2D eigenvalue weighted by Crippen LogP contribution is 2.32. The van der Waals surface area contributed by atoms with Crippen molar-refractivity contribution in [3.05, 3.63) is 12.0 Å². The molecule has 0 amide bonds. The number of piperidine rings is 1. The molecule has 1 saturated carbocycles. The highest BCUT2D eigenvalue weighted by Gasteiger charge is 2.42. The Kier molecular flexibility index (Phi) is 4.28. The Morgan fingerprint density at radius 1 is 1.22 bits per heavy atom. The number of nitrogens with zero attached hydrogens (tertiary/aromatic N) is 3. The zero-order valence-corrected chi connectivity index (χ0v) is 14.9. The Morgan fingerprint density at radius 2 is 1.91 bits per heavy atom. The fourth-order valence-corrected chi connectivity index (χ4v) is 6.01. The van der Waals surface area contributed by atoms with Gasteiger partial charge in [-0.1, -0.05) is 0 Å². The Bertz CT molecular complexity index is 776. The maximum Gasteiger partial charge on any atom is 0.259 e. The SMILES string of the molecule is Cc1nc(S(=O)(=O)N[C@@H]2CCCN(S(=O)(=O)C3CC3)C2)cn1C. The maximum atomic E-state index is 12.4. The first kappa shape index (κ1) is 16.9. The van der Waals surface area contributed by atoms with Gasteiger partial charge in [-0.25, -0.2) is 30.8 Å². The number of hydrogen-bond donors (Lipinski definition) is 1. The summed E-state index contributed by atoms with van der Waals surface area (Å²) in [5, 5.41) is -0.295. The van der Waals surface area contributed by atoms with E-state index >= 15 is 0 Å². The van der Waals surface area contributed by atoms with Crippen molar-refractivity contribution in [1.29, 1.82) is 0 Å². The molecule has 1 aromatic heterocycles. The van der Waals surface area contributed by atoms with Crippen LogP contribution in [0.2, 0.25) is 0 Å². The Hall–Kier alpha value is -0.970. The molecule has 0 unspecified atom stereocenters. The number of aryl methyl sites for hydroxylation is 2. The van der Waals surface area contributed by atoms with Crippen molar-refractivity contribution in [3.63, 3.8) is 0 Å². The van der Waals surface area contributed by atoms with Crippen molar-refractivity contribution in [1.82, 2.24) is 18.6 Å². The predicted octanol–water partition coefficient (Wildman–Crippen LogP) is -0.0366. The van der Waals surface area contributed by atoms with E-state index in [9.17, 15) is 16.8 Å². The van der Waals surface area contributed by atoms with Crippen LogP contribution in [0.1, 0.15) is 31.5 Å². The summed E-state index contributed by atoms with van der Waals surface area (Å²) in [6.07, 6.45) is 4.16. The highest BCUT2D eigenvalue weighted by atomic mass is 32.2. The second-order valence-corrected chi connectivity index (χ2v) is 10.2. The first-order valence-corrected chi connectivity index (χ1v) is 10.7. The quantitative estimate of drug-likeness (QED) is 0.792. The topological polar surface area (TPSA) is 101 Å². The molecule has 10 heteroatoms. The molecule has 2 fully saturated rings. The largest absolute Gasteiger partial charge is 0.337 e. The van der Waals surface area contributed by atoms with Crippen LogP contribution in [0.3, 0.4) is 0 Å². The average Bonchev–Trinajstić information content (AvgIpc) is 3.26. The zero-order valence-electron chi connectivity index (χ0n) is 13.3. The molecule has 1 atom stereocenters. The van der Waals surface area contributed by atoms with E-state index in [1.54, 1.807) is 18.5 Å². The lowest BCUT2D eigenvalue weighted by Gasteiger charge is -2.32. The molecular formula is C13H22N4O4S2. The van der Waals surface area contributed by atoms with E-state index in [4.69, 9.17) is 0 Å². The lowest BCUT2D eigenvalue weighted by Crippen LogP contribution is -2.50. The predicted molar refractivity (Wildman–Crippen MR) is 84.8 cm³/mol. The molecule has 1 aromatic rings. The molecule has 23 heavy (non-hydrogen) atoms. The minimum Gasteiger partial charge on any atom is -0.337 e. The third-order valence-electron chi connectivity index (χ3n) is 4.37. The third-order valence-corrected chi connectivity index (χ3v) is 8.13. The standard InChI is InChI=1S/C13H22N4O4S2/c1-10-14-13(9-16(10)2)22(18,19)15-11-4-3-7-17(8-11)23(20,21)12-5-6-12/h9,11-12,15H,3-8H2,1-2H3/t11-/m1/s1. The summed E-state index contributed by atoms with van der Waals surface area (Å²) in [5.41, 5.74) is 0. The molecule has 0 spiro atoms. The van der Waals surface area contributed by atoms with Crippen LogP contribution in [0, 0.1) is 6.92 Å². The molecule has 2 aliphatic rings. The molecule has 130 valence electrons. The third kappa shape index (κ3) is 3.44. The van der Waals surface area contributed by atoms with E-state index in [0.29, 0.717) is 38.1 Å². The van der Waals surface area contributed by atoms with Gasteiger partial charge in [-0.05, 0) is 32.6 Å². The van der Waals surface area contributed by atoms with E-state index in [1.165, 1.54) is 10.5 Å². The van der Waals surface area contributed by atoms with Crippen molar-refractivity contribution in [2.24, 2.45) is 7.05 Å². The van der Waals surface area contributed by atoms with Gasteiger partial charge in [0.2, 0.25) is 10.0 Å². The molecule has 1 aliphatic carbocycles. The van der Waals surface area contributed by atoms with E-state index < -0.39 is 26.1 Å². The van der Waals surface area contributed by atoms with E-state index in [1.807, 2.05) is 0 Å². The summed E-state index contributed by atoms with van der Waals surface area (Å²) < 4.78 is 55.1. The molecule has 8 nitrogen and oxygen atoms in total. The number of imidazole rings is 1. The Labute approximate surface area is 137 Å². The van der Waals surface area contributed by atoms with Crippen LogP contribution in [0.25, 0.3) is 0 Å². The maximum absolute atomic E-state index is 12.4. The first-order valence-electron chi connectivity index (χ1n) is 7.71. The normalized spacial score (nSPS) is 24.0. The van der Waals surface area contributed by atoms with Gasteiger partial charge in [-0.2, -0.15) is 0 Å². The summed E-state index contributed by atoms with van der Waals surface area (Å²) in [6, 6.07) is -0.412. The fourth-order valence-electron chi connectivity index (χ4n) is 2.78. The molecule has 1 aliphatic heterocycles. The van der Waals surface area contributed by atoms with Gasteiger partial charge in [0, 0.05) is 32.4 Å². The van der Waals surface area contributed by atoms with Crippen LogP contribution in [-0.4, -0.2) is 55.1 Å². The first-order chi connectivity index (χ1) is 10.7. The van der Waals surface area contributed by atoms with Crippen molar-refractivity contribution < 1.29 is 16.8 Å². The lowest BCUT2D eigenvalue weighted by atomic mass is 10.1. The van der Waals surface area contributed by atoms with E-state index in [-0.39, 0.29) is 16.8 Å². The Balaban J connectivity index is 1.72. The number of nitrogens with one attached hydrogen (secondary N) is 1. The molecular weight excluding hydrogens is 340 g/mol. The molecule has 0 radical (unpaired) electrons. The second kappa shape index (κ2) is 5.83. The van der Waals surface area contributed by atoms with Crippen LogP contribution in [-0.2, 0) is 27.1 Å². The lowest BCUT2D eigenvalue weighted by molar-refractivity contribution is 0.303. The van der Waals surface area contributed by atoms with Crippen molar-refractivity contribution in [3.8, 4) is 0 Å². The van der Waals surface area contributed by atoms with Crippen LogP contribution < -0.4 is 4.72 Å². The van der Waals surface area contributed by atoms with Gasteiger partial charge in [0.05, 0.1) is 5.25 Å². The second-order valence-electron chi connectivity index (χ2n) is 6.30. The van der Waals surface area contributed by atoms with Crippen LogP contribution >= 0.6 is 0 Å². The minimum absolute atomic E-state index is 0.0281. The van der Waals surface area contributed by atoms with Crippen LogP contribution in [0.15, 0.2) is 11.2 Å². The van der Waals surface area contributed by atoms with Gasteiger partial charge < -0.3 is 4.57 Å². The molecule has 0 bridgehead atoms. The summed E-state index contributed by atoms with van der Waals surface area (Å²) in [5.74, 6) is 0.604. The summed E-state index contributed by atoms with van der Waals surface area (Å²) in [6.45, 7) is 2.40. The molecule has 0 aromatic carbocycles. The molecule has 1 N–H and O–H groups in total. The Morgan fingerprint density at radius 3 is 2.48 bits per heavy atom. The van der Waals surface area contributed by atoms with Crippen molar-refractivity contribution >= 4 is 20.0 Å². The number of aromatic nitrogens is 2. The van der Waals surface area contributed by atoms with Gasteiger partial charge in [0.25, 0.3) is 10.0 Å². The van der Waals surface area contributed by atoms with Gasteiger partial charge in [-0.3, -0.25) is 0 Å². The molecule has 1 saturated heterocycles. The fraction of sp³-hybridized carbons (Fsp3) is 0.769. The average molecular weight is 362 g/mol. The number of sulfonamides is 2. The van der Waals surface area contributed by atoms with Gasteiger partial charge in [0.1, 0.15) is 5.82 Å². The highest BCUT2D eigenvalue weighted by molar-refractivity contribution is 7.90. The van der Waals surface area contributed by atoms with Crippen LogP contribution in [0.4, 0.5) is 0 Å². The van der Waals surface area contributed by atoms with Gasteiger partial charge >= 0.3 is 0 Å². The zero-order chi connectivity index (χ0) is 16.8. The van der Waals surface area contributed by atoms with Gasteiger partial charge in [-0.15, -0.1) is 0 Å². The number of rotatable bonds is 5. The minimum atomic E-state index is -3.74. The summed E-state index contributed by atoms with van der Waals surface area (Å²) in [4.78, 5) is 4.03. The van der Waals surface area contributed by atoms with Gasteiger partial charge in [0.15, 0.2) is 5.03 Å². The summed E-state index contributed by atoms with van der Waals surface area (Å²) >= 11 is 0. The summed E-state index contributed by atoms with van der Waals surface area (Å²) in [7, 11) is -5.28. The van der Waals surface area contributed by atoms with Crippen LogP contribution in [0.5, 0.6) is 0 Å². The van der Waals surface area contributed by atoms with Crippen molar-refractivity contribution in [2.45, 2.75) is 48.9 Å². The molecule has 2 heterocycles. The van der Waals surface area contributed by atoms with E-state index in [2.05, 4.69) is 9.71 Å². The van der Waals surface area contributed by atoms with E-state index in [0.717, 1.165) is 0 Å². The molecule has 3 rings (SSSR count). The monoisotopic (exact) mass is 362 g/mol. The number of hydrogen-bond acceptors (Lipinski definition) is 5. The van der Waals surface area contributed by atoms with Crippen molar-refractivity contribution in [2.75, 3.05) is 13.1 Å².